The Kier molecular flexibility index (Phi) is 11.1. The number of hydrogen-bond donors (Lipinski definition) is 1. The van der Waals surface area contributed by atoms with Gasteiger partial charge in [0.1, 0.15) is 0 Å². The van der Waals surface area contributed by atoms with Crippen LogP contribution in [0, 0.1) is 0 Å². The molecule has 0 aliphatic carbocycles. The molecule has 2 aliphatic rings. The Balaban J connectivity index is 0.00000144. The Hall–Kier alpha value is 0.840. The van der Waals surface area contributed by atoms with Crippen LogP contribution in [0.1, 0.15) is 38.5 Å². The number of halogens is 2. The van der Waals surface area contributed by atoms with Crippen molar-refractivity contribution in [2.75, 3.05) is 39.3 Å². The van der Waals surface area contributed by atoms with Gasteiger partial charge in [-0.25, -0.2) is 0 Å². The zero-order valence-corrected chi connectivity index (χ0v) is 14.6. The predicted molar refractivity (Wildman–Crippen MR) is 87.2 cm³/mol. The number of rotatable bonds is 4. The van der Waals surface area contributed by atoms with Crippen molar-refractivity contribution in [3.63, 3.8) is 0 Å². The van der Waals surface area contributed by atoms with Gasteiger partial charge < -0.3 is 14.9 Å². The second-order valence-corrected chi connectivity index (χ2v) is 5.38. The van der Waals surface area contributed by atoms with Gasteiger partial charge in [0.15, 0.2) is 0 Å². The molecule has 0 aromatic carbocycles. The Morgan fingerprint density at radius 2 is 1.00 bits per heavy atom. The maximum Gasteiger partial charge on any atom is 0.0793 e. The third-order valence-corrected chi connectivity index (χ3v) is 3.84. The van der Waals surface area contributed by atoms with Crippen molar-refractivity contribution in [1.29, 1.82) is 0 Å². The summed E-state index contributed by atoms with van der Waals surface area (Å²) >= 11 is 0. The van der Waals surface area contributed by atoms with E-state index in [4.69, 9.17) is 0 Å². The van der Waals surface area contributed by atoms with Gasteiger partial charge in [-0.05, 0) is 51.9 Å². The van der Waals surface area contributed by atoms with E-state index < -0.39 is 0 Å². The third kappa shape index (κ3) is 6.85. The van der Waals surface area contributed by atoms with Gasteiger partial charge in [-0.15, -0.1) is 34.0 Å². The van der Waals surface area contributed by atoms with Crippen LogP contribution < -0.4 is 0 Å². The van der Waals surface area contributed by atoms with Crippen molar-refractivity contribution in [3.05, 3.63) is 0 Å². The molecule has 0 aromatic rings. The van der Waals surface area contributed by atoms with Crippen molar-refractivity contribution in [3.8, 4) is 0 Å². The molecule has 110 valence electrons. The van der Waals surface area contributed by atoms with Crippen LogP contribution in [0.15, 0.2) is 0 Å². The molecule has 2 fully saturated rings. The second-order valence-electron chi connectivity index (χ2n) is 5.38. The van der Waals surface area contributed by atoms with E-state index in [1.54, 1.807) is 0 Å². The molecular formula is C13H28Br2N2O. The first-order chi connectivity index (χ1) is 7.84. The molecule has 3 nitrogen and oxygen atoms in total. The van der Waals surface area contributed by atoms with Crippen LogP contribution >= 0.6 is 34.0 Å². The number of aliphatic hydroxyl groups is 1. The lowest BCUT2D eigenvalue weighted by molar-refractivity contribution is 0.0610. The lowest BCUT2D eigenvalue weighted by atomic mass is 10.1. The minimum Gasteiger partial charge on any atom is -0.390 e. The molecule has 18 heavy (non-hydrogen) atoms. The van der Waals surface area contributed by atoms with Crippen LogP contribution in [0.25, 0.3) is 0 Å². The van der Waals surface area contributed by atoms with E-state index in [0.717, 1.165) is 13.1 Å². The van der Waals surface area contributed by atoms with Gasteiger partial charge >= 0.3 is 0 Å². The predicted octanol–water partition coefficient (Wildman–Crippen LogP) is 2.47. The molecule has 2 rings (SSSR count). The average Bonchev–Trinajstić information content (AvgIpc) is 2.31. The van der Waals surface area contributed by atoms with Gasteiger partial charge in [-0.1, -0.05) is 12.8 Å². The number of nitrogens with zero attached hydrogens (tertiary/aromatic N) is 2. The molecule has 0 unspecified atom stereocenters. The average molecular weight is 388 g/mol. The summed E-state index contributed by atoms with van der Waals surface area (Å²) in [6.07, 6.45) is 7.87. The molecule has 0 atom stereocenters. The molecule has 0 spiro atoms. The summed E-state index contributed by atoms with van der Waals surface area (Å²) in [4.78, 5) is 4.86. The fraction of sp³-hybridized carbons (Fsp3) is 1.00. The Labute approximate surface area is 132 Å². The van der Waals surface area contributed by atoms with Crippen molar-refractivity contribution >= 4 is 34.0 Å². The summed E-state index contributed by atoms with van der Waals surface area (Å²) in [5, 5.41) is 10.1. The van der Waals surface area contributed by atoms with Crippen molar-refractivity contribution in [2.24, 2.45) is 0 Å². The fourth-order valence-corrected chi connectivity index (χ4v) is 2.94. The maximum atomic E-state index is 10.1. The van der Waals surface area contributed by atoms with E-state index in [1.807, 2.05) is 0 Å². The van der Waals surface area contributed by atoms with Gasteiger partial charge in [0, 0.05) is 13.1 Å². The molecule has 2 heterocycles. The number of hydrogen-bond acceptors (Lipinski definition) is 3. The number of aliphatic hydroxyl groups excluding tert-OH is 1. The largest absolute Gasteiger partial charge is 0.390 e. The first-order valence-corrected chi connectivity index (χ1v) is 6.97. The lowest BCUT2D eigenvalue weighted by Gasteiger charge is -2.32. The molecule has 5 heteroatoms. The van der Waals surface area contributed by atoms with Crippen molar-refractivity contribution in [1.82, 2.24) is 9.80 Å². The van der Waals surface area contributed by atoms with E-state index >= 15 is 0 Å². The topological polar surface area (TPSA) is 26.7 Å². The molecule has 2 aliphatic heterocycles. The van der Waals surface area contributed by atoms with Crippen molar-refractivity contribution < 1.29 is 5.11 Å². The van der Waals surface area contributed by atoms with E-state index in [-0.39, 0.29) is 40.1 Å². The van der Waals surface area contributed by atoms with Crippen LogP contribution in [-0.4, -0.2) is 60.3 Å². The highest BCUT2D eigenvalue weighted by Crippen LogP contribution is 2.11. The lowest BCUT2D eigenvalue weighted by Crippen LogP contribution is -2.43. The highest BCUT2D eigenvalue weighted by Gasteiger charge is 2.18. The molecule has 0 bridgehead atoms. The van der Waals surface area contributed by atoms with E-state index in [9.17, 15) is 5.11 Å². The maximum absolute atomic E-state index is 10.1. The number of piperidine rings is 2. The summed E-state index contributed by atoms with van der Waals surface area (Å²) in [5.74, 6) is 0. The van der Waals surface area contributed by atoms with E-state index in [1.165, 1.54) is 64.7 Å². The van der Waals surface area contributed by atoms with Gasteiger partial charge in [-0.3, -0.25) is 0 Å². The molecule has 2 saturated heterocycles. The summed E-state index contributed by atoms with van der Waals surface area (Å²) in [5.41, 5.74) is 0. The summed E-state index contributed by atoms with van der Waals surface area (Å²) in [6.45, 7) is 6.54. The Morgan fingerprint density at radius 1 is 0.667 bits per heavy atom. The van der Waals surface area contributed by atoms with Gasteiger partial charge in [0.25, 0.3) is 0 Å². The van der Waals surface area contributed by atoms with Crippen molar-refractivity contribution in [2.45, 2.75) is 44.6 Å². The summed E-state index contributed by atoms with van der Waals surface area (Å²) < 4.78 is 0. The zero-order chi connectivity index (χ0) is 11.2. The monoisotopic (exact) mass is 386 g/mol. The number of likely N-dealkylation sites (tertiary alicyclic amines) is 2. The molecule has 0 amide bonds. The standard InChI is InChI=1S/C13H26N2O.2BrH/c16-13(11-14-7-3-1-4-8-14)12-15-9-5-2-6-10-15;;/h13,16H,1-12H2;2*1H. The Bertz CT molecular complexity index is 175. The normalized spacial score (nSPS) is 22.3. The molecule has 0 aromatic heterocycles. The van der Waals surface area contributed by atoms with Crippen LogP contribution in [-0.2, 0) is 0 Å². The first kappa shape index (κ1) is 18.8. The van der Waals surface area contributed by atoms with Gasteiger partial charge in [0.05, 0.1) is 6.10 Å². The molecule has 1 N–H and O–H groups in total. The van der Waals surface area contributed by atoms with Gasteiger partial charge in [-0.2, -0.15) is 0 Å². The number of β-amino-alcohol motifs (C(OH)–C–C–N with tert-alkyl or cyclic N) is 1. The van der Waals surface area contributed by atoms with E-state index in [2.05, 4.69) is 9.80 Å². The van der Waals surface area contributed by atoms with Crippen LogP contribution in [0.5, 0.6) is 0 Å². The van der Waals surface area contributed by atoms with Crippen LogP contribution in [0.2, 0.25) is 0 Å². The smallest absolute Gasteiger partial charge is 0.0793 e. The van der Waals surface area contributed by atoms with Crippen LogP contribution in [0.3, 0.4) is 0 Å². The zero-order valence-electron chi connectivity index (χ0n) is 11.2. The highest BCUT2D eigenvalue weighted by molar-refractivity contribution is 8.93. The minimum atomic E-state index is -0.142. The third-order valence-electron chi connectivity index (χ3n) is 3.84. The summed E-state index contributed by atoms with van der Waals surface area (Å²) in [6, 6.07) is 0. The molecule has 0 saturated carbocycles. The van der Waals surface area contributed by atoms with Crippen LogP contribution in [0.4, 0.5) is 0 Å². The minimum absolute atomic E-state index is 0. The fourth-order valence-electron chi connectivity index (χ4n) is 2.94. The van der Waals surface area contributed by atoms with E-state index in [0.29, 0.717) is 0 Å². The molecular weight excluding hydrogens is 360 g/mol. The van der Waals surface area contributed by atoms with Gasteiger partial charge in [0.2, 0.25) is 0 Å². The SMILES string of the molecule is Br.Br.OC(CN1CCCCC1)CN1CCCCC1. The molecule has 0 radical (unpaired) electrons. The summed E-state index contributed by atoms with van der Waals surface area (Å²) in [7, 11) is 0. The second kappa shape index (κ2) is 10.6. The highest BCUT2D eigenvalue weighted by atomic mass is 79.9. The first-order valence-electron chi connectivity index (χ1n) is 6.97. The quantitative estimate of drug-likeness (QED) is 0.802. The Morgan fingerprint density at radius 3 is 1.33 bits per heavy atom.